The zero-order valence-corrected chi connectivity index (χ0v) is 23.8. The van der Waals surface area contributed by atoms with Crippen molar-refractivity contribution in [1.29, 1.82) is 0 Å². The lowest BCUT2D eigenvalue weighted by Crippen LogP contribution is -2.64. The van der Waals surface area contributed by atoms with Crippen LogP contribution in [0.1, 0.15) is 52.1 Å². The predicted octanol–water partition coefficient (Wildman–Crippen LogP) is 4.42. The number of aromatic nitrogens is 1. The van der Waals surface area contributed by atoms with E-state index < -0.39 is 36.4 Å². The molecule has 0 bridgehead atoms. The van der Waals surface area contributed by atoms with Crippen molar-refractivity contribution in [3.63, 3.8) is 0 Å². The van der Waals surface area contributed by atoms with Gasteiger partial charge in [0.25, 0.3) is 0 Å². The molecule has 2 aromatic rings. The second-order valence-electron chi connectivity index (χ2n) is 9.20. The Morgan fingerprint density at radius 1 is 1.19 bits per heavy atom. The Kier molecular flexibility index (Phi) is 8.52. The molecule has 0 spiro atoms. The first-order valence-corrected chi connectivity index (χ1v) is 14.2. The van der Waals surface area contributed by atoms with E-state index in [-0.39, 0.29) is 6.54 Å². The van der Waals surface area contributed by atoms with Gasteiger partial charge in [-0.05, 0) is 75.2 Å². The first kappa shape index (κ1) is 27.6. The molecule has 0 amide bonds. The molecule has 0 aliphatic heterocycles. The summed E-state index contributed by atoms with van der Waals surface area (Å²) < 4.78 is 49.1. The Balaban J connectivity index is 2.47. The molecule has 1 heterocycles. The Hall–Kier alpha value is -0.690. The summed E-state index contributed by atoms with van der Waals surface area (Å²) in [5, 5.41) is 2.33. The number of nitrogens with one attached hydrogen (secondary N) is 1. The van der Waals surface area contributed by atoms with Gasteiger partial charge in [0, 0.05) is 30.3 Å². The summed E-state index contributed by atoms with van der Waals surface area (Å²) in [4.78, 5) is 4.50. The van der Waals surface area contributed by atoms with E-state index in [2.05, 4.69) is 25.6 Å². The Bertz CT molecular complexity index is 1020. The molecule has 0 radical (unpaired) electrons. The van der Waals surface area contributed by atoms with Gasteiger partial charge in [0.05, 0.1) is 7.11 Å². The Morgan fingerprint density at radius 2 is 1.75 bits per heavy atom. The van der Waals surface area contributed by atoms with Crippen molar-refractivity contribution in [3.05, 3.63) is 44.8 Å². The molecular weight excluding hydrogens is 534 g/mol. The fourth-order valence-electron chi connectivity index (χ4n) is 2.97. The van der Waals surface area contributed by atoms with Gasteiger partial charge in [-0.2, -0.15) is 0 Å². The normalized spacial score (nSPS) is 16.1. The molecule has 11 heteroatoms. The van der Waals surface area contributed by atoms with Crippen molar-refractivity contribution in [2.24, 2.45) is 0 Å². The predicted molar refractivity (Wildman–Crippen MR) is 136 cm³/mol. The van der Waals surface area contributed by atoms with Gasteiger partial charge in [-0.25, -0.2) is 17.7 Å². The summed E-state index contributed by atoms with van der Waals surface area (Å²) in [6.45, 7) is 10.8. The lowest BCUT2D eigenvalue weighted by molar-refractivity contribution is 0.306. The van der Waals surface area contributed by atoms with Crippen LogP contribution in [-0.2, 0) is 33.5 Å². The minimum absolute atomic E-state index is 0.190. The van der Waals surface area contributed by atoms with Crippen LogP contribution in [0.2, 0.25) is 0 Å². The molecule has 0 saturated carbocycles. The van der Waals surface area contributed by atoms with Crippen molar-refractivity contribution in [3.8, 4) is 5.75 Å². The highest BCUT2D eigenvalue weighted by molar-refractivity contribution is 9.10. The lowest BCUT2D eigenvalue weighted by Gasteiger charge is -2.44. The fourth-order valence-corrected chi connectivity index (χ4v) is 7.48. The van der Waals surface area contributed by atoms with Gasteiger partial charge in [-0.1, -0.05) is 12.1 Å². The molecule has 0 fully saturated rings. The lowest BCUT2D eigenvalue weighted by atomic mass is 9.89. The summed E-state index contributed by atoms with van der Waals surface area (Å²) in [5.74, 6) is 0.704. The highest BCUT2D eigenvalue weighted by Gasteiger charge is 2.58. The van der Waals surface area contributed by atoms with Crippen molar-refractivity contribution < 1.29 is 17.7 Å². The molecule has 32 heavy (non-hydrogen) atoms. The zero-order valence-electron chi connectivity index (χ0n) is 19.7. The van der Waals surface area contributed by atoms with Crippen LogP contribution < -0.4 is 9.46 Å². The third-order valence-corrected chi connectivity index (χ3v) is 11.7. The summed E-state index contributed by atoms with van der Waals surface area (Å²) >= 11 is 3.15. The van der Waals surface area contributed by atoms with Gasteiger partial charge in [-0.3, -0.25) is 0 Å². The first-order chi connectivity index (χ1) is 14.6. The van der Waals surface area contributed by atoms with E-state index in [0.717, 1.165) is 5.56 Å². The maximum absolute atomic E-state index is 13.9. The van der Waals surface area contributed by atoms with Gasteiger partial charge in [-0.15, -0.1) is 16.1 Å². The number of methoxy groups -OCH3 is 1. The quantitative estimate of drug-likeness (QED) is 0.452. The SMILES string of the molecule is COc1ccc(CN(C)S(=O)(=O)C(C)(C)C(C)(N[S@+]([O-])C(C)(C)C)c2nc(Br)cs2)cc1. The molecule has 1 N–H and O–H groups in total. The number of hydrogen-bond acceptors (Lipinski definition) is 7. The standard InChI is InChI=1S/C21H32BrN3O4S3/c1-19(2,3)31(26)24-21(6,18-23-17(22)14-30-18)20(4,5)32(27,28)25(7)13-15-9-11-16(29-8)12-10-15/h9-12,14,24H,13H2,1-8H3/t21?,31-/m1/s1. The summed E-state index contributed by atoms with van der Waals surface area (Å²) in [6.07, 6.45) is 0. The number of sulfonamides is 1. The van der Waals surface area contributed by atoms with Crippen LogP contribution in [0, 0.1) is 0 Å². The Labute approximate surface area is 207 Å². The number of halogens is 1. The molecule has 0 aliphatic rings. The molecule has 1 aromatic heterocycles. The van der Waals surface area contributed by atoms with Crippen LogP contribution in [0.25, 0.3) is 0 Å². The molecule has 2 atom stereocenters. The van der Waals surface area contributed by atoms with Crippen LogP contribution in [0.15, 0.2) is 34.2 Å². The maximum Gasteiger partial charge on any atom is 0.221 e. The van der Waals surface area contributed by atoms with Gasteiger partial charge in [0.15, 0.2) is 0 Å². The third-order valence-electron chi connectivity index (χ3n) is 5.58. The van der Waals surface area contributed by atoms with Crippen molar-refractivity contribution in [1.82, 2.24) is 14.0 Å². The molecule has 0 aliphatic carbocycles. The Morgan fingerprint density at radius 3 is 2.19 bits per heavy atom. The second-order valence-corrected chi connectivity index (χ2v) is 15.4. The van der Waals surface area contributed by atoms with Crippen molar-refractivity contribution in [2.75, 3.05) is 14.2 Å². The van der Waals surface area contributed by atoms with Crippen molar-refractivity contribution >= 4 is 48.7 Å². The molecule has 1 unspecified atom stereocenters. The highest BCUT2D eigenvalue weighted by atomic mass is 79.9. The van der Waals surface area contributed by atoms with E-state index in [1.54, 1.807) is 52.4 Å². The fraction of sp³-hybridized carbons (Fsp3) is 0.571. The maximum atomic E-state index is 13.9. The second kappa shape index (κ2) is 9.89. The zero-order chi connectivity index (χ0) is 24.5. The van der Waals surface area contributed by atoms with Crippen LogP contribution in [0.5, 0.6) is 5.75 Å². The largest absolute Gasteiger partial charge is 0.598 e. The molecule has 0 saturated heterocycles. The number of benzene rings is 1. The van der Waals surface area contributed by atoms with Gasteiger partial charge >= 0.3 is 0 Å². The smallest absolute Gasteiger partial charge is 0.221 e. The van der Waals surface area contributed by atoms with Crippen molar-refractivity contribution in [2.45, 2.75) is 63.1 Å². The van der Waals surface area contributed by atoms with E-state index in [0.29, 0.717) is 15.4 Å². The van der Waals surface area contributed by atoms with Crippen LogP contribution in [0.3, 0.4) is 0 Å². The van der Waals surface area contributed by atoms with Gasteiger partial charge in [0.1, 0.15) is 30.4 Å². The summed E-state index contributed by atoms with van der Waals surface area (Å²) in [7, 11) is -0.744. The summed E-state index contributed by atoms with van der Waals surface area (Å²) in [6, 6.07) is 7.27. The number of hydrogen-bond donors (Lipinski definition) is 1. The minimum Gasteiger partial charge on any atom is -0.598 e. The summed E-state index contributed by atoms with van der Waals surface area (Å²) in [5.41, 5.74) is -0.396. The van der Waals surface area contributed by atoms with Crippen LogP contribution in [0.4, 0.5) is 0 Å². The molecule has 180 valence electrons. The topological polar surface area (TPSA) is 94.6 Å². The van der Waals surface area contributed by atoms with E-state index >= 15 is 0 Å². The number of ether oxygens (including phenoxy) is 1. The number of thiazole rings is 1. The number of nitrogens with zero attached hydrogens (tertiary/aromatic N) is 2. The van der Waals surface area contributed by atoms with E-state index in [9.17, 15) is 13.0 Å². The first-order valence-electron chi connectivity index (χ1n) is 9.96. The van der Waals surface area contributed by atoms with E-state index in [4.69, 9.17) is 4.74 Å². The van der Waals surface area contributed by atoms with Crippen LogP contribution in [-0.4, -0.2) is 45.9 Å². The molecule has 7 nitrogen and oxygen atoms in total. The van der Waals surface area contributed by atoms with E-state index in [1.165, 1.54) is 15.6 Å². The van der Waals surface area contributed by atoms with E-state index in [1.807, 2.05) is 32.9 Å². The number of rotatable bonds is 9. The monoisotopic (exact) mass is 565 g/mol. The third kappa shape index (κ3) is 5.51. The van der Waals surface area contributed by atoms with Gasteiger partial charge < -0.3 is 9.29 Å². The minimum atomic E-state index is -3.88. The molecular formula is C21H32BrN3O4S3. The molecule has 2 rings (SSSR count). The highest BCUT2D eigenvalue weighted by Crippen LogP contribution is 2.43. The average Bonchev–Trinajstić information content (AvgIpc) is 3.14. The van der Waals surface area contributed by atoms with Crippen LogP contribution >= 0.6 is 27.3 Å². The van der Waals surface area contributed by atoms with Gasteiger partial charge in [0.2, 0.25) is 10.0 Å². The molecule has 1 aromatic carbocycles. The average molecular weight is 567 g/mol.